The van der Waals surface area contributed by atoms with E-state index in [9.17, 15) is 14.4 Å². The normalized spacial score (nSPS) is 19.2. The standard InChI is InChI=1S/C13H23N3O4/c1-5-6-16-11(18)9(14-12(16)19)7-10(17)15-13(2,3)8-20-4/h9H,5-8H2,1-4H3,(H,14,19)(H,15,17)/t9-/m1/s1. The number of methoxy groups -OCH3 is 1. The number of urea groups is 1. The predicted molar refractivity (Wildman–Crippen MR) is 73.0 cm³/mol. The summed E-state index contributed by atoms with van der Waals surface area (Å²) in [5.41, 5.74) is -0.513. The van der Waals surface area contributed by atoms with Gasteiger partial charge in [-0.25, -0.2) is 4.79 Å². The van der Waals surface area contributed by atoms with E-state index in [1.807, 2.05) is 20.8 Å². The second-order valence-corrected chi connectivity index (χ2v) is 5.56. The number of ether oxygens (including phenoxy) is 1. The van der Waals surface area contributed by atoms with Crippen molar-refractivity contribution in [1.82, 2.24) is 15.5 Å². The smallest absolute Gasteiger partial charge is 0.324 e. The first-order valence-electron chi connectivity index (χ1n) is 6.72. The molecule has 0 aromatic carbocycles. The fourth-order valence-corrected chi connectivity index (χ4v) is 2.16. The Kier molecular flexibility index (Phi) is 5.50. The molecule has 0 radical (unpaired) electrons. The van der Waals surface area contributed by atoms with E-state index in [-0.39, 0.29) is 18.2 Å². The van der Waals surface area contributed by atoms with Gasteiger partial charge in [-0.05, 0) is 20.3 Å². The molecule has 0 aliphatic carbocycles. The van der Waals surface area contributed by atoms with Crippen LogP contribution in [0.1, 0.15) is 33.6 Å². The van der Waals surface area contributed by atoms with Gasteiger partial charge < -0.3 is 15.4 Å². The van der Waals surface area contributed by atoms with Gasteiger partial charge in [0.1, 0.15) is 6.04 Å². The fourth-order valence-electron chi connectivity index (χ4n) is 2.16. The summed E-state index contributed by atoms with van der Waals surface area (Å²) in [5, 5.41) is 5.31. The Hall–Kier alpha value is -1.63. The third kappa shape index (κ3) is 4.19. The molecule has 1 rings (SSSR count). The van der Waals surface area contributed by atoms with Crippen LogP contribution in [-0.2, 0) is 14.3 Å². The van der Waals surface area contributed by atoms with Gasteiger partial charge in [0.2, 0.25) is 5.91 Å². The maximum absolute atomic E-state index is 12.0. The molecular formula is C13H23N3O4. The summed E-state index contributed by atoms with van der Waals surface area (Å²) in [6, 6.07) is -1.20. The molecule has 2 N–H and O–H groups in total. The quantitative estimate of drug-likeness (QED) is 0.656. The predicted octanol–water partition coefficient (Wildman–Crippen LogP) is 0.248. The van der Waals surface area contributed by atoms with Crippen molar-refractivity contribution >= 4 is 17.8 Å². The van der Waals surface area contributed by atoms with Crippen LogP contribution in [0.15, 0.2) is 0 Å². The molecule has 114 valence electrons. The number of nitrogens with one attached hydrogen (secondary N) is 2. The Morgan fingerprint density at radius 2 is 2.10 bits per heavy atom. The molecule has 0 aromatic rings. The third-order valence-corrected chi connectivity index (χ3v) is 2.93. The maximum Gasteiger partial charge on any atom is 0.324 e. The number of rotatable bonds is 7. The van der Waals surface area contributed by atoms with Crippen molar-refractivity contribution in [3.05, 3.63) is 0 Å². The van der Waals surface area contributed by atoms with Crippen LogP contribution in [0, 0.1) is 0 Å². The highest BCUT2D eigenvalue weighted by atomic mass is 16.5. The van der Waals surface area contributed by atoms with Crippen molar-refractivity contribution in [3.8, 4) is 0 Å². The Morgan fingerprint density at radius 1 is 1.45 bits per heavy atom. The SMILES string of the molecule is CCCN1C(=O)N[C@H](CC(=O)NC(C)(C)COC)C1=O. The molecule has 0 spiro atoms. The summed E-state index contributed by atoms with van der Waals surface area (Å²) in [6.45, 7) is 6.27. The van der Waals surface area contributed by atoms with Crippen molar-refractivity contribution in [2.45, 2.75) is 45.2 Å². The van der Waals surface area contributed by atoms with Crippen LogP contribution in [0.25, 0.3) is 0 Å². The van der Waals surface area contributed by atoms with Crippen molar-refractivity contribution in [1.29, 1.82) is 0 Å². The average molecular weight is 285 g/mol. The van der Waals surface area contributed by atoms with E-state index in [0.29, 0.717) is 19.6 Å². The summed E-state index contributed by atoms with van der Waals surface area (Å²) in [6.07, 6.45) is 0.636. The van der Waals surface area contributed by atoms with Crippen molar-refractivity contribution in [2.75, 3.05) is 20.3 Å². The second-order valence-electron chi connectivity index (χ2n) is 5.56. The van der Waals surface area contributed by atoms with Crippen LogP contribution in [0.5, 0.6) is 0 Å². The molecule has 0 saturated carbocycles. The molecule has 0 bridgehead atoms. The molecule has 1 fully saturated rings. The molecular weight excluding hydrogens is 262 g/mol. The highest BCUT2D eigenvalue weighted by Gasteiger charge is 2.38. The molecule has 1 heterocycles. The number of imide groups is 1. The van der Waals surface area contributed by atoms with Gasteiger partial charge in [0.25, 0.3) is 5.91 Å². The summed E-state index contributed by atoms with van der Waals surface area (Å²) in [4.78, 5) is 36.6. The lowest BCUT2D eigenvalue weighted by atomic mass is 10.1. The van der Waals surface area contributed by atoms with E-state index in [0.717, 1.165) is 4.90 Å². The molecule has 7 heteroatoms. The number of amides is 4. The Balaban J connectivity index is 2.55. The van der Waals surface area contributed by atoms with Crippen LogP contribution in [-0.4, -0.2) is 54.6 Å². The number of carbonyl (C=O) groups excluding carboxylic acids is 3. The molecule has 20 heavy (non-hydrogen) atoms. The highest BCUT2D eigenvalue weighted by Crippen LogP contribution is 2.11. The monoisotopic (exact) mass is 285 g/mol. The number of hydrogen-bond acceptors (Lipinski definition) is 4. The third-order valence-electron chi connectivity index (χ3n) is 2.93. The van der Waals surface area contributed by atoms with Crippen LogP contribution in [0.3, 0.4) is 0 Å². The zero-order valence-corrected chi connectivity index (χ0v) is 12.5. The summed E-state index contributed by atoms with van der Waals surface area (Å²) >= 11 is 0. The summed E-state index contributed by atoms with van der Waals surface area (Å²) in [5.74, 6) is -0.624. The molecule has 4 amide bonds. The molecule has 0 unspecified atom stereocenters. The first-order valence-corrected chi connectivity index (χ1v) is 6.72. The van der Waals surface area contributed by atoms with E-state index in [1.54, 1.807) is 7.11 Å². The first kappa shape index (κ1) is 16.4. The lowest BCUT2D eigenvalue weighted by molar-refractivity contribution is -0.131. The zero-order chi connectivity index (χ0) is 15.3. The number of hydrogen-bond donors (Lipinski definition) is 2. The van der Waals surface area contributed by atoms with E-state index >= 15 is 0 Å². The molecule has 1 atom stereocenters. The van der Waals surface area contributed by atoms with Gasteiger partial charge in [0.05, 0.1) is 18.6 Å². The van der Waals surface area contributed by atoms with E-state index in [2.05, 4.69) is 10.6 Å². The van der Waals surface area contributed by atoms with Crippen LogP contribution in [0.4, 0.5) is 4.79 Å². The molecule has 1 saturated heterocycles. The summed E-state index contributed by atoms with van der Waals surface area (Å²) < 4.78 is 5.01. The summed E-state index contributed by atoms with van der Waals surface area (Å²) in [7, 11) is 1.55. The molecule has 7 nitrogen and oxygen atoms in total. The Bertz CT molecular complexity index is 395. The minimum Gasteiger partial charge on any atom is -0.382 e. The minimum atomic E-state index is -0.771. The Morgan fingerprint density at radius 3 is 2.65 bits per heavy atom. The first-order chi connectivity index (χ1) is 9.30. The largest absolute Gasteiger partial charge is 0.382 e. The van der Waals surface area contributed by atoms with Gasteiger partial charge in [0, 0.05) is 13.7 Å². The van der Waals surface area contributed by atoms with Crippen molar-refractivity contribution in [2.24, 2.45) is 0 Å². The minimum absolute atomic E-state index is 0.0576. The van der Waals surface area contributed by atoms with Crippen LogP contribution < -0.4 is 10.6 Å². The van der Waals surface area contributed by atoms with Gasteiger partial charge in [0.15, 0.2) is 0 Å². The van der Waals surface area contributed by atoms with Gasteiger partial charge in [-0.2, -0.15) is 0 Å². The van der Waals surface area contributed by atoms with Gasteiger partial charge in [-0.1, -0.05) is 6.92 Å². The second kappa shape index (κ2) is 6.69. The van der Waals surface area contributed by atoms with Crippen LogP contribution >= 0.6 is 0 Å². The van der Waals surface area contributed by atoms with Crippen molar-refractivity contribution in [3.63, 3.8) is 0 Å². The average Bonchev–Trinajstić information content (AvgIpc) is 2.56. The lowest BCUT2D eigenvalue weighted by Gasteiger charge is -2.25. The van der Waals surface area contributed by atoms with Gasteiger partial charge in [-0.15, -0.1) is 0 Å². The van der Waals surface area contributed by atoms with Crippen molar-refractivity contribution < 1.29 is 19.1 Å². The van der Waals surface area contributed by atoms with Gasteiger partial charge in [-0.3, -0.25) is 14.5 Å². The van der Waals surface area contributed by atoms with Crippen LogP contribution in [0.2, 0.25) is 0 Å². The fraction of sp³-hybridized carbons (Fsp3) is 0.769. The lowest BCUT2D eigenvalue weighted by Crippen LogP contribution is -2.48. The van der Waals surface area contributed by atoms with Gasteiger partial charge >= 0.3 is 6.03 Å². The maximum atomic E-state index is 12.0. The van der Waals surface area contributed by atoms with E-state index < -0.39 is 17.6 Å². The van der Waals surface area contributed by atoms with E-state index in [4.69, 9.17) is 4.74 Å². The Labute approximate surface area is 119 Å². The highest BCUT2D eigenvalue weighted by molar-refractivity contribution is 6.05. The zero-order valence-electron chi connectivity index (χ0n) is 12.5. The molecule has 0 aromatic heterocycles. The number of carbonyl (C=O) groups is 3. The molecule has 1 aliphatic rings. The molecule has 1 aliphatic heterocycles. The topological polar surface area (TPSA) is 87.7 Å². The number of nitrogens with zero attached hydrogens (tertiary/aromatic N) is 1. The van der Waals surface area contributed by atoms with E-state index in [1.165, 1.54) is 0 Å².